The maximum Gasteiger partial charge on any atom is 0.161 e. The number of hydrogen-bond donors (Lipinski definition) is 1. The van der Waals surface area contributed by atoms with Crippen molar-refractivity contribution in [1.82, 2.24) is 0 Å². The van der Waals surface area contributed by atoms with Crippen molar-refractivity contribution in [2.75, 3.05) is 6.54 Å². The molecule has 2 N–H and O–H groups in total. The molecule has 0 saturated heterocycles. The van der Waals surface area contributed by atoms with Gasteiger partial charge in [-0.15, -0.1) is 0 Å². The number of nitrogens with two attached hydrogens (primary N) is 1. The molecule has 2 heteroatoms. The molecule has 0 aromatic carbocycles. The van der Waals surface area contributed by atoms with E-state index in [1.54, 1.807) is 6.92 Å². The fraction of sp³-hybridized carbons (Fsp3) is 0.625. The van der Waals surface area contributed by atoms with Crippen LogP contribution in [0.4, 0.5) is 0 Å². The van der Waals surface area contributed by atoms with Gasteiger partial charge in [0.25, 0.3) is 0 Å². The molecule has 0 aromatic heterocycles. The minimum atomic E-state index is 0.204. The van der Waals surface area contributed by atoms with E-state index in [2.05, 4.69) is 6.58 Å². The summed E-state index contributed by atoms with van der Waals surface area (Å²) in [6.45, 7) is 6.00. The quantitative estimate of drug-likeness (QED) is 0.586. The van der Waals surface area contributed by atoms with E-state index in [1.165, 1.54) is 0 Å². The van der Waals surface area contributed by atoms with Crippen LogP contribution in [0.2, 0.25) is 0 Å². The lowest BCUT2D eigenvalue weighted by atomic mass is 10.1. The van der Waals surface area contributed by atoms with Gasteiger partial charge in [0.1, 0.15) is 0 Å². The summed E-state index contributed by atoms with van der Waals surface area (Å²) in [5.41, 5.74) is 6.05. The minimum absolute atomic E-state index is 0.204. The van der Waals surface area contributed by atoms with Gasteiger partial charge < -0.3 is 5.73 Å². The molecule has 0 amide bonds. The zero-order chi connectivity index (χ0) is 7.72. The monoisotopic (exact) mass is 139 g/mol. The number of allylic oxidation sites excluding steroid dienone is 1. The van der Waals surface area contributed by atoms with Crippen LogP contribution in [0.5, 0.6) is 0 Å². The van der Waals surface area contributed by atoms with Gasteiger partial charge in [-0.25, -0.2) is 0 Å². The van der Waals surface area contributed by atoms with Crippen molar-refractivity contribution in [3.05, 3.63) is 12.2 Å². The van der Waals surface area contributed by atoms with Gasteiger partial charge in [-0.1, -0.05) is 6.58 Å². The number of hydrogen-bond acceptors (Lipinski definition) is 2. The van der Waals surface area contributed by atoms with Crippen LogP contribution >= 0.6 is 0 Å². The molecular weight excluding hydrogens is 126 g/mol. The molecule has 0 aliphatic heterocycles. The summed E-state index contributed by atoms with van der Waals surface area (Å²) in [5, 5.41) is 0. The van der Waals surface area contributed by atoms with Gasteiger partial charge in [0.05, 0.1) is 0 Å². The summed E-state index contributed by atoms with van der Waals surface area (Å²) >= 11 is 0. The summed E-state index contributed by atoms with van der Waals surface area (Å²) in [4.78, 5) is 11.1. The highest BCUT2D eigenvalue weighted by Gasteiger charge is 2.41. The number of Topliss-reactive ketones (excluding diaryl/α,β-unsaturated/α-hetero) is 1. The second-order valence-corrected chi connectivity index (χ2v) is 2.98. The van der Waals surface area contributed by atoms with Crippen LogP contribution in [0.25, 0.3) is 0 Å². The number of rotatable bonds is 3. The Balaban J connectivity index is 2.40. The van der Waals surface area contributed by atoms with E-state index >= 15 is 0 Å². The van der Waals surface area contributed by atoms with Gasteiger partial charge in [0.15, 0.2) is 5.78 Å². The topological polar surface area (TPSA) is 43.1 Å². The highest BCUT2D eigenvalue weighted by Crippen LogP contribution is 2.39. The van der Waals surface area contributed by atoms with Crippen LogP contribution in [0.3, 0.4) is 0 Å². The SMILES string of the molecule is C=C(C)C(=O)C1CC1CN. The zero-order valence-electron chi connectivity index (χ0n) is 6.26. The van der Waals surface area contributed by atoms with Gasteiger partial charge in [0, 0.05) is 5.92 Å². The fourth-order valence-electron chi connectivity index (χ4n) is 1.15. The second kappa shape index (κ2) is 2.54. The molecule has 10 heavy (non-hydrogen) atoms. The maximum absolute atomic E-state index is 11.1. The molecule has 0 heterocycles. The van der Waals surface area contributed by atoms with Crippen molar-refractivity contribution < 1.29 is 4.79 Å². The maximum atomic E-state index is 11.1. The Morgan fingerprint density at radius 1 is 1.80 bits per heavy atom. The molecule has 1 aliphatic rings. The largest absolute Gasteiger partial charge is 0.330 e. The predicted molar refractivity (Wildman–Crippen MR) is 40.5 cm³/mol. The van der Waals surface area contributed by atoms with Crippen molar-refractivity contribution in [2.45, 2.75) is 13.3 Å². The van der Waals surface area contributed by atoms with Crippen LogP contribution < -0.4 is 5.73 Å². The smallest absolute Gasteiger partial charge is 0.161 e. The van der Waals surface area contributed by atoms with E-state index in [9.17, 15) is 4.79 Å². The van der Waals surface area contributed by atoms with Crippen molar-refractivity contribution in [3.63, 3.8) is 0 Å². The molecule has 1 rings (SSSR count). The van der Waals surface area contributed by atoms with Gasteiger partial charge in [-0.2, -0.15) is 0 Å². The van der Waals surface area contributed by atoms with Gasteiger partial charge >= 0.3 is 0 Å². The molecule has 2 atom stereocenters. The highest BCUT2D eigenvalue weighted by molar-refractivity contribution is 5.97. The van der Waals surface area contributed by atoms with Crippen LogP contribution in [0.15, 0.2) is 12.2 Å². The molecule has 1 saturated carbocycles. The van der Waals surface area contributed by atoms with Crippen molar-refractivity contribution in [2.24, 2.45) is 17.6 Å². The summed E-state index contributed by atoms with van der Waals surface area (Å²) in [5.74, 6) is 0.863. The molecule has 2 unspecified atom stereocenters. The lowest BCUT2D eigenvalue weighted by Crippen LogP contribution is -2.08. The molecule has 0 bridgehead atoms. The molecule has 56 valence electrons. The minimum Gasteiger partial charge on any atom is -0.330 e. The Morgan fingerprint density at radius 3 is 2.70 bits per heavy atom. The first kappa shape index (κ1) is 7.48. The Labute approximate surface area is 61.1 Å². The third-order valence-corrected chi connectivity index (χ3v) is 1.98. The van der Waals surface area contributed by atoms with Gasteiger partial charge in [-0.05, 0) is 31.4 Å². The van der Waals surface area contributed by atoms with Crippen molar-refractivity contribution in [3.8, 4) is 0 Å². The standard InChI is InChI=1S/C8H13NO/c1-5(2)8(10)7-3-6(7)4-9/h6-7H,1,3-4,9H2,2H3. The molecule has 0 aromatic rings. The van der Waals surface area contributed by atoms with Gasteiger partial charge in [-0.3, -0.25) is 4.79 Å². The Kier molecular flexibility index (Phi) is 1.90. The molecule has 1 fully saturated rings. The third-order valence-electron chi connectivity index (χ3n) is 1.98. The first-order valence-electron chi connectivity index (χ1n) is 3.56. The molecule has 0 spiro atoms. The Morgan fingerprint density at radius 2 is 2.40 bits per heavy atom. The number of ketones is 1. The normalized spacial score (nSPS) is 29.8. The van der Waals surface area contributed by atoms with Gasteiger partial charge in [0.2, 0.25) is 0 Å². The summed E-state index contributed by atoms with van der Waals surface area (Å²) < 4.78 is 0. The van der Waals surface area contributed by atoms with E-state index in [0.717, 1.165) is 6.42 Å². The van der Waals surface area contributed by atoms with Crippen LogP contribution in [0.1, 0.15) is 13.3 Å². The van der Waals surface area contributed by atoms with E-state index in [4.69, 9.17) is 5.73 Å². The number of carbonyl (C=O) groups excluding carboxylic acids is 1. The molecule has 0 radical (unpaired) electrons. The average molecular weight is 139 g/mol. The molecule has 2 nitrogen and oxygen atoms in total. The lowest BCUT2D eigenvalue weighted by molar-refractivity contribution is -0.116. The number of carbonyl (C=O) groups is 1. The van der Waals surface area contributed by atoms with Crippen LogP contribution in [-0.2, 0) is 4.79 Å². The van der Waals surface area contributed by atoms with Crippen molar-refractivity contribution in [1.29, 1.82) is 0 Å². The van der Waals surface area contributed by atoms with E-state index in [-0.39, 0.29) is 11.7 Å². The average Bonchev–Trinajstić information content (AvgIpc) is 2.64. The fourth-order valence-corrected chi connectivity index (χ4v) is 1.15. The van der Waals surface area contributed by atoms with Crippen LogP contribution in [0, 0.1) is 11.8 Å². The third kappa shape index (κ3) is 1.27. The highest BCUT2D eigenvalue weighted by atomic mass is 16.1. The predicted octanol–water partition coefficient (Wildman–Crippen LogP) is 0.726. The summed E-state index contributed by atoms with van der Waals surface area (Å²) in [6, 6.07) is 0. The van der Waals surface area contributed by atoms with E-state index < -0.39 is 0 Å². The van der Waals surface area contributed by atoms with Crippen LogP contribution in [-0.4, -0.2) is 12.3 Å². The Hall–Kier alpha value is -0.630. The van der Waals surface area contributed by atoms with E-state index in [0.29, 0.717) is 18.0 Å². The zero-order valence-corrected chi connectivity index (χ0v) is 6.26. The first-order valence-corrected chi connectivity index (χ1v) is 3.56. The summed E-state index contributed by atoms with van der Waals surface area (Å²) in [7, 11) is 0. The van der Waals surface area contributed by atoms with E-state index in [1.807, 2.05) is 0 Å². The molecular formula is C8H13NO. The van der Waals surface area contributed by atoms with Crippen molar-refractivity contribution >= 4 is 5.78 Å². The second-order valence-electron chi connectivity index (χ2n) is 2.98. The molecule has 1 aliphatic carbocycles. The summed E-state index contributed by atoms with van der Waals surface area (Å²) in [6.07, 6.45) is 0.974. The Bertz CT molecular complexity index is 174. The lowest BCUT2D eigenvalue weighted by Gasteiger charge is -1.94. The first-order chi connectivity index (χ1) is 4.66.